The van der Waals surface area contributed by atoms with Crippen molar-refractivity contribution in [3.63, 3.8) is 0 Å². The van der Waals surface area contributed by atoms with E-state index in [0.717, 1.165) is 4.88 Å². The summed E-state index contributed by atoms with van der Waals surface area (Å²) < 4.78 is 15.0. The van der Waals surface area contributed by atoms with Gasteiger partial charge in [-0.05, 0) is 43.0 Å². The standard InChI is InChI=1S/C17H17FN4O2S/c1-11(23)7-8-19-17(24)15-20-16(14-6-3-9-25-14)22(21-15)13-5-2-4-12(18)10-13/h2-6,9-11,23H,7-8H2,1H3,(H,19,24)/t11-/m1/s1. The normalized spacial score (nSPS) is 12.1. The van der Waals surface area contributed by atoms with Gasteiger partial charge in [0.05, 0.1) is 16.7 Å². The Hall–Kier alpha value is -2.58. The monoisotopic (exact) mass is 360 g/mol. The number of hydrogen-bond acceptors (Lipinski definition) is 5. The van der Waals surface area contributed by atoms with Crippen LogP contribution in [0.2, 0.25) is 0 Å². The topological polar surface area (TPSA) is 80.0 Å². The molecule has 130 valence electrons. The maximum absolute atomic E-state index is 13.6. The largest absolute Gasteiger partial charge is 0.393 e. The van der Waals surface area contributed by atoms with Crippen LogP contribution in [-0.4, -0.2) is 38.4 Å². The zero-order valence-corrected chi connectivity index (χ0v) is 14.3. The summed E-state index contributed by atoms with van der Waals surface area (Å²) in [4.78, 5) is 17.4. The van der Waals surface area contributed by atoms with Gasteiger partial charge in [-0.15, -0.1) is 16.4 Å². The predicted molar refractivity (Wildman–Crippen MR) is 93.3 cm³/mol. The fraction of sp³-hybridized carbons (Fsp3) is 0.235. The fourth-order valence-corrected chi connectivity index (χ4v) is 2.93. The minimum atomic E-state index is -0.500. The van der Waals surface area contributed by atoms with Crippen molar-refractivity contribution in [2.45, 2.75) is 19.4 Å². The lowest BCUT2D eigenvalue weighted by Gasteiger charge is -2.04. The quantitative estimate of drug-likeness (QED) is 0.708. The van der Waals surface area contributed by atoms with Crippen molar-refractivity contribution in [1.29, 1.82) is 0 Å². The number of aliphatic hydroxyl groups is 1. The van der Waals surface area contributed by atoms with Crippen molar-refractivity contribution < 1.29 is 14.3 Å². The Morgan fingerprint density at radius 1 is 1.40 bits per heavy atom. The molecule has 0 saturated carbocycles. The number of halogens is 1. The van der Waals surface area contributed by atoms with Gasteiger partial charge in [-0.1, -0.05) is 12.1 Å². The van der Waals surface area contributed by atoms with Gasteiger partial charge >= 0.3 is 0 Å². The zero-order valence-electron chi connectivity index (χ0n) is 13.5. The van der Waals surface area contributed by atoms with Gasteiger partial charge in [0.2, 0.25) is 5.82 Å². The third-order valence-electron chi connectivity index (χ3n) is 3.45. The van der Waals surface area contributed by atoms with Crippen LogP contribution < -0.4 is 5.32 Å². The molecule has 0 saturated heterocycles. The molecular formula is C17H17FN4O2S. The molecular weight excluding hydrogens is 343 g/mol. The highest BCUT2D eigenvalue weighted by molar-refractivity contribution is 7.13. The van der Waals surface area contributed by atoms with Crippen LogP contribution in [0, 0.1) is 5.82 Å². The van der Waals surface area contributed by atoms with Crippen LogP contribution in [0.4, 0.5) is 4.39 Å². The molecule has 3 aromatic rings. The van der Waals surface area contributed by atoms with E-state index < -0.39 is 17.8 Å². The molecule has 2 N–H and O–H groups in total. The van der Waals surface area contributed by atoms with E-state index in [1.54, 1.807) is 19.1 Å². The second-order valence-corrected chi connectivity index (χ2v) is 6.47. The van der Waals surface area contributed by atoms with Crippen LogP contribution in [-0.2, 0) is 0 Å². The molecule has 0 aliphatic carbocycles. The molecule has 3 rings (SSSR count). The first-order chi connectivity index (χ1) is 12.0. The average molecular weight is 360 g/mol. The van der Waals surface area contributed by atoms with E-state index in [0.29, 0.717) is 24.5 Å². The number of rotatable bonds is 6. The summed E-state index contributed by atoms with van der Waals surface area (Å²) in [6.45, 7) is 1.97. The molecule has 1 amide bonds. The van der Waals surface area contributed by atoms with E-state index in [-0.39, 0.29) is 5.82 Å². The van der Waals surface area contributed by atoms with Gasteiger partial charge in [0.15, 0.2) is 5.82 Å². The van der Waals surface area contributed by atoms with Crippen LogP contribution in [0.25, 0.3) is 16.4 Å². The lowest BCUT2D eigenvalue weighted by Crippen LogP contribution is -2.27. The molecule has 0 fully saturated rings. The van der Waals surface area contributed by atoms with Gasteiger partial charge in [-0.25, -0.2) is 14.1 Å². The van der Waals surface area contributed by atoms with E-state index in [9.17, 15) is 14.3 Å². The van der Waals surface area contributed by atoms with Gasteiger partial charge in [-0.3, -0.25) is 4.79 Å². The summed E-state index contributed by atoms with van der Waals surface area (Å²) in [5.74, 6) is -0.360. The van der Waals surface area contributed by atoms with E-state index in [1.807, 2.05) is 17.5 Å². The van der Waals surface area contributed by atoms with E-state index >= 15 is 0 Å². The van der Waals surface area contributed by atoms with Gasteiger partial charge in [-0.2, -0.15) is 0 Å². The Bertz CT molecular complexity index is 861. The number of thiophene rings is 1. The van der Waals surface area contributed by atoms with Crippen LogP contribution in [0.5, 0.6) is 0 Å². The number of nitrogens with zero attached hydrogens (tertiary/aromatic N) is 3. The summed E-state index contributed by atoms with van der Waals surface area (Å²) in [6.07, 6.45) is -0.0616. The third kappa shape index (κ3) is 4.09. The molecule has 1 atom stereocenters. The Balaban J connectivity index is 1.94. The van der Waals surface area contributed by atoms with Gasteiger partial charge in [0, 0.05) is 6.54 Å². The van der Waals surface area contributed by atoms with E-state index in [2.05, 4.69) is 15.4 Å². The zero-order chi connectivity index (χ0) is 17.8. The number of amides is 1. The molecule has 8 heteroatoms. The van der Waals surface area contributed by atoms with Crippen molar-refractivity contribution in [3.05, 3.63) is 53.4 Å². The number of hydrogen-bond donors (Lipinski definition) is 2. The summed E-state index contributed by atoms with van der Waals surface area (Å²) in [7, 11) is 0. The Kier molecular flexibility index (Phi) is 5.20. The van der Waals surface area contributed by atoms with Crippen molar-refractivity contribution >= 4 is 17.2 Å². The van der Waals surface area contributed by atoms with Crippen LogP contribution in [0.15, 0.2) is 41.8 Å². The molecule has 2 aromatic heterocycles. The van der Waals surface area contributed by atoms with Crippen LogP contribution >= 0.6 is 11.3 Å². The maximum atomic E-state index is 13.6. The number of benzene rings is 1. The fourth-order valence-electron chi connectivity index (χ4n) is 2.24. The summed E-state index contributed by atoms with van der Waals surface area (Å²) in [5, 5.41) is 18.1. The average Bonchev–Trinajstić information content (AvgIpc) is 3.23. The van der Waals surface area contributed by atoms with Crippen LogP contribution in [0.3, 0.4) is 0 Å². The summed E-state index contributed by atoms with van der Waals surface area (Å²) >= 11 is 1.45. The number of aromatic nitrogens is 3. The SMILES string of the molecule is C[C@@H](O)CCNC(=O)c1nc(-c2cccs2)n(-c2cccc(F)c2)n1. The molecule has 2 heterocycles. The predicted octanol–water partition coefficient (Wildman–Crippen LogP) is 2.64. The molecule has 0 aliphatic rings. The van der Waals surface area contributed by atoms with Gasteiger partial charge < -0.3 is 10.4 Å². The van der Waals surface area contributed by atoms with Crippen molar-refractivity contribution in [2.24, 2.45) is 0 Å². The van der Waals surface area contributed by atoms with Crippen molar-refractivity contribution in [3.8, 4) is 16.4 Å². The smallest absolute Gasteiger partial charge is 0.290 e. The Morgan fingerprint density at radius 3 is 2.92 bits per heavy atom. The summed E-state index contributed by atoms with van der Waals surface area (Å²) in [5.41, 5.74) is 0.485. The van der Waals surface area contributed by atoms with Crippen molar-refractivity contribution in [2.75, 3.05) is 6.54 Å². The molecule has 6 nitrogen and oxygen atoms in total. The van der Waals surface area contributed by atoms with E-state index in [1.165, 1.54) is 28.2 Å². The second-order valence-electron chi connectivity index (χ2n) is 5.52. The third-order valence-corrected chi connectivity index (χ3v) is 4.32. The molecule has 0 radical (unpaired) electrons. The minimum absolute atomic E-state index is 0.00162. The minimum Gasteiger partial charge on any atom is -0.393 e. The number of nitrogens with one attached hydrogen (secondary N) is 1. The molecule has 0 bridgehead atoms. The number of carbonyl (C=O) groups excluding carboxylic acids is 1. The maximum Gasteiger partial charge on any atom is 0.290 e. The first-order valence-corrected chi connectivity index (χ1v) is 8.65. The molecule has 0 aliphatic heterocycles. The van der Waals surface area contributed by atoms with Crippen molar-refractivity contribution in [1.82, 2.24) is 20.1 Å². The highest BCUT2D eigenvalue weighted by Gasteiger charge is 2.19. The summed E-state index contributed by atoms with van der Waals surface area (Å²) in [6, 6.07) is 9.68. The second kappa shape index (κ2) is 7.54. The molecule has 0 spiro atoms. The van der Waals surface area contributed by atoms with Gasteiger partial charge in [0.1, 0.15) is 5.82 Å². The lowest BCUT2D eigenvalue weighted by atomic mass is 10.3. The Morgan fingerprint density at radius 2 is 2.24 bits per heavy atom. The first-order valence-electron chi connectivity index (χ1n) is 7.78. The molecule has 25 heavy (non-hydrogen) atoms. The molecule has 1 aromatic carbocycles. The van der Waals surface area contributed by atoms with Gasteiger partial charge in [0.25, 0.3) is 5.91 Å². The highest BCUT2D eigenvalue weighted by Crippen LogP contribution is 2.25. The Labute approximate surface area is 148 Å². The highest BCUT2D eigenvalue weighted by atomic mass is 32.1. The number of aliphatic hydroxyl groups excluding tert-OH is 1. The first kappa shape index (κ1) is 17.2. The molecule has 0 unspecified atom stereocenters. The lowest BCUT2D eigenvalue weighted by molar-refractivity contribution is 0.0935. The number of carbonyl (C=O) groups is 1. The van der Waals surface area contributed by atoms with E-state index in [4.69, 9.17) is 0 Å². The van der Waals surface area contributed by atoms with Crippen LogP contribution in [0.1, 0.15) is 24.0 Å².